The molecule has 1 aromatic carbocycles. The van der Waals surface area contributed by atoms with Crippen LogP contribution in [-0.2, 0) is 21.0 Å². The fraction of sp³-hybridized carbons (Fsp3) is 0.118. The zero-order valence-corrected chi connectivity index (χ0v) is 12.2. The van der Waals surface area contributed by atoms with Crippen molar-refractivity contribution < 1.29 is 23.6 Å². The van der Waals surface area contributed by atoms with Crippen molar-refractivity contribution in [1.82, 2.24) is 0 Å². The van der Waals surface area contributed by atoms with Gasteiger partial charge < -0.3 is 14.0 Å². The molecular formula is C17H11NO5. The predicted octanol–water partition coefficient (Wildman–Crippen LogP) is 2.93. The van der Waals surface area contributed by atoms with Crippen molar-refractivity contribution in [2.75, 3.05) is 0 Å². The molecule has 0 amide bonds. The molecule has 114 valence electrons. The van der Waals surface area contributed by atoms with E-state index in [1.54, 1.807) is 37.3 Å². The van der Waals surface area contributed by atoms with Gasteiger partial charge in [0.2, 0.25) is 0 Å². The predicted molar refractivity (Wildman–Crippen MR) is 80.4 cm³/mol. The van der Waals surface area contributed by atoms with Gasteiger partial charge in [-0.05, 0) is 37.3 Å². The van der Waals surface area contributed by atoms with Crippen LogP contribution in [0, 0.1) is 0 Å². The summed E-state index contributed by atoms with van der Waals surface area (Å²) in [4.78, 5) is 27.6. The topological polar surface area (TPSA) is 78.1 Å². The molecule has 2 aromatic rings. The lowest BCUT2D eigenvalue weighted by Gasteiger charge is -1.99. The third-order valence-corrected chi connectivity index (χ3v) is 3.76. The summed E-state index contributed by atoms with van der Waals surface area (Å²) in [5.41, 5.74) is 3.15. The van der Waals surface area contributed by atoms with Gasteiger partial charge in [-0.2, -0.15) is 0 Å². The maximum absolute atomic E-state index is 11.5. The van der Waals surface area contributed by atoms with Gasteiger partial charge in [0.15, 0.2) is 0 Å². The number of cyclic esters (lactones) is 1. The summed E-state index contributed by atoms with van der Waals surface area (Å²) in [6, 6.07) is 8.96. The molecule has 3 heterocycles. The summed E-state index contributed by atoms with van der Waals surface area (Å²) in [7, 11) is 0. The Kier molecular flexibility index (Phi) is 2.90. The molecule has 0 saturated heterocycles. The van der Waals surface area contributed by atoms with Crippen LogP contribution in [0.1, 0.15) is 28.6 Å². The number of furan rings is 1. The van der Waals surface area contributed by atoms with E-state index >= 15 is 0 Å². The molecule has 0 fully saturated rings. The first-order valence-corrected chi connectivity index (χ1v) is 7.00. The average molecular weight is 309 g/mol. The zero-order chi connectivity index (χ0) is 16.0. The molecule has 1 aromatic heterocycles. The Bertz CT molecular complexity index is 903. The largest absolute Gasteiger partial charge is 0.457 e. The van der Waals surface area contributed by atoms with Crippen LogP contribution >= 0.6 is 0 Å². The van der Waals surface area contributed by atoms with Crippen LogP contribution in [0.15, 0.2) is 45.5 Å². The van der Waals surface area contributed by atoms with E-state index in [-0.39, 0.29) is 12.6 Å². The van der Waals surface area contributed by atoms with E-state index in [2.05, 4.69) is 9.99 Å². The van der Waals surface area contributed by atoms with E-state index in [0.29, 0.717) is 28.4 Å². The highest BCUT2D eigenvalue weighted by Gasteiger charge is 2.23. The Hall–Kier alpha value is -3.15. The Labute approximate surface area is 131 Å². The molecule has 2 aliphatic rings. The molecular weight excluding hydrogens is 298 g/mol. The summed E-state index contributed by atoms with van der Waals surface area (Å²) in [6.07, 6.45) is 1.59. The number of carbonyl (C=O) groups is 2. The highest BCUT2D eigenvalue weighted by molar-refractivity contribution is 6.24. The Morgan fingerprint density at radius 1 is 1.13 bits per heavy atom. The second-order valence-electron chi connectivity index (χ2n) is 5.26. The van der Waals surface area contributed by atoms with Gasteiger partial charge in [-0.3, -0.25) is 0 Å². The van der Waals surface area contributed by atoms with Crippen molar-refractivity contribution in [2.24, 2.45) is 5.16 Å². The highest BCUT2D eigenvalue weighted by Crippen LogP contribution is 2.29. The van der Waals surface area contributed by atoms with E-state index in [4.69, 9.17) is 9.15 Å². The minimum Gasteiger partial charge on any atom is -0.457 e. The number of carbonyl (C=O) groups excluding carboxylic acids is 2. The van der Waals surface area contributed by atoms with Crippen molar-refractivity contribution >= 4 is 23.7 Å². The second kappa shape index (κ2) is 4.95. The summed E-state index contributed by atoms with van der Waals surface area (Å²) in [5.74, 6) is 0.371. The molecule has 6 nitrogen and oxygen atoms in total. The van der Waals surface area contributed by atoms with Crippen LogP contribution in [0.25, 0.3) is 17.4 Å². The number of ether oxygens (including phenoxy) is 1. The van der Waals surface area contributed by atoms with Gasteiger partial charge in [0.1, 0.15) is 18.1 Å². The Morgan fingerprint density at radius 3 is 2.78 bits per heavy atom. The lowest BCUT2D eigenvalue weighted by atomic mass is 10.0. The number of rotatable bonds is 2. The molecule has 0 aliphatic carbocycles. The number of oxime groups is 1. The molecule has 0 saturated carbocycles. The molecule has 0 N–H and O–H groups in total. The van der Waals surface area contributed by atoms with Crippen molar-refractivity contribution in [2.45, 2.75) is 13.5 Å². The standard InChI is InChI=1S/C17H11NO5/c1-9-14(17(20)23-18-9)7-12-3-5-15(22-12)10-2-4-13-11(6-10)8-21-16(13)19/h2-7H,8H2,1H3/b14-7+. The minimum absolute atomic E-state index is 0.279. The van der Waals surface area contributed by atoms with Crippen LogP contribution in [0.5, 0.6) is 0 Å². The van der Waals surface area contributed by atoms with Crippen molar-refractivity contribution in [1.29, 1.82) is 0 Å². The number of esters is 1. The summed E-state index contributed by atoms with van der Waals surface area (Å²) >= 11 is 0. The van der Waals surface area contributed by atoms with Crippen LogP contribution in [0.4, 0.5) is 0 Å². The smallest absolute Gasteiger partial charge is 0.367 e. The van der Waals surface area contributed by atoms with Crippen molar-refractivity contribution in [3.63, 3.8) is 0 Å². The van der Waals surface area contributed by atoms with E-state index < -0.39 is 5.97 Å². The lowest BCUT2D eigenvalue weighted by molar-refractivity contribution is -0.136. The fourth-order valence-corrected chi connectivity index (χ4v) is 2.53. The summed E-state index contributed by atoms with van der Waals surface area (Å²) < 4.78 is 10.7. The maximum Gasteiger partial charge on any atom is 0.367 e. The Balaban J connectivity index is 1.67. The third kappa shape index (κ3) is 2.24. The monoisotopic (exact) mass is 309 g/mol. The lowest BCUT2D eigenvalue weighted by Crippen LogP contribution is -2.01. The number of nitrogens with zero attached hydrogens (tertiary/aromatic N) is 1. The third-order valence-electron chi connectivity index (χ3n) is 3.76. The van der Waals surface area contributed by atoms with Gasteiger partial charge in [0.05, 0.1) is 16.8 Å². The first kappa shape index (κ1) is 13.5. The molecule has 2 aliphatic heterocycles. The van der Waals surface area contributed by atoms with Crippen LogP contribution in [0.2, 0.25) is 0 Å². The van der Waals surface area contributed by atoms with Gasteiger partial charge in [-0.25, -0.2) is 9.59 Å². The highest BCUT2D eigenvalue weighted by atomic mass is 16.7. The van der Waals surface area contributed by atoms with Crippen molar-refractivity contribution in [3.8, 4) is 11.3 Å². The first-order chi connectivity index (χ1) is 11.1. The van der Waals surface area contributed by atoms with Gasteiger partial charge in [0, 0.05) is 11.1 Å². The summed E-state index contributed by atoms with van der Waals surface area (Å²) in [6.45, 7) is 1.97. The quantitative estimate of drug-likeness (QED) is 0.484. The normalized spacial score (nSPS) is 18.0. The average Bonchev–Trinajstić information content (AvgIpc) is 3.24. The van der Waals surface area contributed by atoms with Crippen molar-refractivity contribution in [3.05, 3.63) is 52.8 Å². The van der Waals surface area contributed by atoms with Gasteiger partial charge in [0.25, 0.3) is 0 Å². The van der Waals surface area contributed by atoms with E-state index in [1.807, 2.05) is 6.07 Å². The molecule has 0 bridgehead atoms. The molecule has 6 heteroatoms. The van der Waals surface area contributed by atoms with Crippen LogP contribution in [0.3, 0.4) is 0 Å². The molecule has 0 spiro atoms. The van der Waals surface area contributed by atoms with Gasteiger partial charge >= 0.3 is 11.9 Å². The number of hydrogen-bond acceptors (Lipinski definition) is 6. The molecule has 23 heavy (non-hydrogen) atoms. The fourth-order valence-electron chi connectivity index (χ4n) is 2.53. The van der Waals surface area contributed by atoms with E-state index in [1.165, 1.54) is 0 Å². The molecule has 0 radical (unpaired) electrons. The minimum atomic E-state index is -0.492. The molecule has 4 rings (SSSR count). The van der Waals surface area contributed by atoms with Crippen LogP contribution in [-0.4, -0.2) is 17.7 Å². The molecule has 0 unspecified atom stereocenters. The van der Waals surface area contributed by atoms with E-state index in [0.717, 1.165) is 11.1 Å². The second-order valence-corrected chi connectivity index (χ2v) is 5.26. The number of benzene rings is 1. The van der Waals surface area contributed by atoms with E-state index in [9.17, 15) is 9.59 Å². The maximum atomic E-state index is 11.5. The Morgan fingerprint density at radius 2 is 2.00 bits per heavy atom. The SMILES string of the molecule is CC1=NOC(=O)/C1=C/c1ccc(-c2ccc3c(c2)COC3=O)o1. The number of fused-ring (bicyclic) bond motifs is 1. The van der Waals surface area contributed by atoms with Crippen LogP contribution < -0.4 is 0 Å². The van der Waals surface area contributed by atoms with Gasteiger partial charge in [-0.1, -0.05) is 11.2 Å². The van der Waals surface area contributed by atoms with Gasteiger partial charge in [-0.15, -0.1) is 0 Å². The molecule has 0 atom stereocenters. The number of hydrogen-bond donors (Lipinski definition) is 0. The summed E-state index contributed by atoms with van der Waals surface area (Å²) in [5, 5.41) is 3.62. The first-order valence-electron chi connectivity index (χ1n) is 7.00. The zero-order valence-electron chi connectivity index (χ0n) is 12.2.